The molecule has 1 N–H and O–H groups in total. The minimum Gasteiger partial charge on any atom is -0.497 e. The summed E-state index contributed by atoms with van der Waals surface area (Å²) in [6, 6.07) is 6.57. The molecule has 1 saturated carbocycles. The van der Waals surface area contributed by atoms with Crippen molar-refractivity contribution in [1.82, 2.24) is 9.21 Å². The number of ether oxygens (including phenoxy) is 1. The van der Waals surface area contributed by atoms with E-state index in [4.69, 9.17) is 4.74 Å². The molecule has 1 aromatic carbocycles. The molecule has 1 atom stereocenters. The number of methoxy groups -OCH3 is 1. The summed E-state index contributed by atoms with van der Waals surface area (Å²) in [7, 11) is -1.96. The van der Waals surface area contributed by atoms with Crippen LogP contribution >= 0.6 is 0 Å². The molecular weight excluding hydrogens is 316 g/mol. The van der Waals surface area contributed by atoms with Gasteiger partial charge in [-0.15, -0.1) is 0 Å². The quantitative estimate of drug-likeness (QED) is 0.828. The average molecular weight is 340 g/mol. The van der Waals surface area contributed by atoms with Gasteiger partial charge in [-0.1, -0.05) is 6.07 Å². The van der Waals surface area contributed by atoms with Gasteiger partial charge < -0.3 is 9.84 Å². The molecule has 0 aromatic heterocycles. The van der Waals surface area contributed by atoms with E-state index in [1.54, 1.807) is 24.3 Å². The van der Waals surface area contributed by atoms with Crippen LogP contribution in [0.25, 0.3) is 0 Å². The summed E-state index contributed by atoms with van der Waals surface area (Å²) in [6.07, 6.45) is 1.97. The van der Waals surface area contributed by atoms with Gasteiger partial charge in [0, 0.05) is 38.8 Å². The number of nitrogens with zero attached hydrogens (tertiary/aromatic N) is 2. The summed E-state index contributed by atoms with van der Waals surface area (Å²) < 4.78 is 32.0. The zero-order chi connectivity index (χ0) is 16.4. The van der Waals surface area contributed by atoms with Crippen LogP contribution in [0.1, 0.15) is 12.8 Å². The Labute approximate surface area is 137 Å². The number of benzene rings is 1. The molecule has 0 radical (unpaired) electrons. The van der Waals surface area contributed by atoms with Crippen molar-refractivity contribution in [3.05, 3.63) is 24.3 Å². The molecule has 3 rings (SSSR count). The predicted octanol–water partition coefficient (Wildman–Crippen LogP) is 0.772. The van der Waals surface area contributed by atoms with Gasteiger partial charge in [0.05, 0.1) is 18.1 Å². The molecule has 0 spiro atoms. The Balaban J connectivity index is 1.61. The molecule has 2 aliphatic rings. The lowest BCUT2D eigenvalue weighted by Crippen LogP contribution is -2.50. The van der Waals surface area contributed by atoms with Gasteiger partial charge in [-0.3, -0.25) is 4.90 Å². The third-order valence-electron chi connectivity index (χ3n) is 4.62. The van der Waals surface area contributed by atoms with Crippen molar-refractivity contribution < 1.29 is 18.3 Å². The van der Waals surface area contributed by atoms with Crippen LogP contribution < -0.4 is 4.74 Å². The van der Waals surface area contributed by atoms with Gasteiger partial charge in [-0.05, 0) is 30.9 Å². The Morgan fingerprint density at radius 3 is 2.57 bits per heavy atom. The maximum Gasteiger partial charge on any atom is 0.243 e. The number of hydrogen-bond acceptors (Lipinski definition) is 5. The van der Waals surface area contributed by atoms with Crippen molar-refractivity contribution in [3.8, 4) is 5.75 Å². The first kappa shape index (κ1) is 16.7. The second-order valence-corrected chi connectivity index (χ2v) is 8.23. The number of rotatable bonds is 6. The molecule has 23 heavy (non-hydrogen) atoms. The van der Waals surface area contributed by atoms with Gasteiger partial charge in [-0.25, -0.2) is 8.42 Å². The monoisotopic (exact) mass is 340 g/mol. The molecule has 2 fully saturated rings. The van der Waals surface area contributed by atoms with E-state index in [1.165, 1.54) is 11.4 Å². The lowest BCUT2D eigenvalue weighted by atomic mass is 10.2. The largest absolute Gasteiger partial charge is 0.497 e. The molecule has 1 aromatic rings. The lowest BCUT2D eigenvalue weighted by Gasteiger charge is -2.35. The average Bonchev–Trinajstić information content (AvgIpc) is 3.40. The van der Waals surface area contributed by atoms with Gasteiger partial charge in [0.25, 0.3) is 0 Å². The maximum atomic E-state index is 12.7. The molecule has 0 unspecified atom stereocenters. The molecule has 1 aliphatic heterocycles. The molecule has 1 saturated heterocycles. The molecule has 128 valence electrons. The van der Waals surface area contributed by atoms with Crippen molar-refractivity contribution >= 4 is 10.0 Å². The van der Waals surface area contributed by atoms with E-state index in [-0.39, 0.29) is 11.0 Å². The molecule has 1 aliphatic carbocycles. The number of aliphatic hydroxyl groups is 1. The minimum absolute atomic E-state index is 0.267. The standard InChI is InChI=1S/C16H24N2O4S/c1-22-14-3-2-4-15(11-14)23(20,21)18-9-7-17(8-10-18)12-16(19)13-5-6-13/h2-4,11,13,16,19H,5-10,12H2,1H3/t16-/m0/s1. The van der Waals surface area contributed by atoms with Crippen LogP contribution in [0.5, 0.6) is 5.75 Å². The Morgan fingerprint density at radius 1 is 1.26 bits per heavy atom. The number of aliphatic hydroxyl groups excluding tert-OH is 1. The first-order chi connectivity index (χ1) is 11.0. The zero-order valence-electron chi connectivity index (χ0n) is 13.4. The van der Waals surface area contributed by atoms with Crippen LogP contribution in [0.3, 0.4) is 0 Å². The normalized spacial score (nSPS) is 22.0. The van der Waals surface area contributed by atoms with Gasteiger partial charge in [0.2, 0.25) is 10.0 Å². The van der Waals surface area contributed by atoms with Gasteiger partial charge in [0.15, 0.2) is 0 Å². The molecule has 1 heterocycles. The van der Waals surface area contributed by atoms with E-state index in [0.717, 1.165) is 12.8 Å². The fourth-order valence-electron chi connectivity index (χ4n) is 2.96. The van der Waals surface area contributed by atoms with Gasteiger partial charge in [0.1, 0.15) is 5.75 Å². The Hall–Kier alpha value is -1.15. The zero-order valence-corrected chi connectivity index (χ0v) is 14.2. The van der Waals surface area contributed by atoms with E-state index < -0.39 is 10.0 Å². The van der Waals surface area contributed by atoms with Crippen molar-refractivity contribution in [2.75, 3.05) is 39.8 Å². The molecule has 6 nitrogen and oxygen atoms in total. The predicted molar refractivity (Wildman–Crippen MR) is 86.9 cm³/mol. The fraction of sp³-hybridized carbons (Fsp3) is 0.625. The van der Waals surface area contributed by atoms with E-state index >= 15 is 0 Å². The second-order valence-electron chi connectivity index (χ2n) is 6.29. The van der Waals surface area contributed by atoms with E-state index in [1.807, 2.05) is 0 Å². The van der Waals surface area contributed by atoms with Crippen LogP contribution in [0.2, 0.25) is 0 Å². The molecule has 0 amide bonds. The van der Waals surface area contributed by atoms with Crippen LogP contribution in [0.4, 0.5) is 0 Å². The Morgan fingerprint density at radius 2 is 1.96 bits per heavy atom. The van der Waals surface area contributed by atoms with Crippen molar-refractivity contribution in [3.63, 3.8) is 0 Å². The van der Waals surface area contributed by atoms with E-state index in [9.17, 15) is 13.5 Å². The molecular formula is C16H24N2O4S. The SMILES string of the molecule is COc1cccc(S(=O)(=O)N2CCN(C[C@H](O)C3CC3)CC2)c1. The van der Waals surface area contributed by atoms with Crippen molar-refractivity contribution in [2.24, 2.45) is 5.92 Å². The number of piperazine rings is 1. The first-order valence-electron chi connectivity index (χ1n) is 8.05. The summed E-state index contributed by atoms with van der Waals surface area (Å²) in [4.78, 5) is 2.42. The topological polar surface area (TPSA) is 70.1 Å². The Kier molecular flexibility index (Phi) is 4.91. The molecule has 0 bridgehead atoms. The van der Waals surface area contributed by atoms with E-state index in [0.29, 0.717) is 44.4 Å². The number of hydrogen-bond donors (Lipinski definition) is 1. The Bertz CT molecular complexity index is 637. The van der Waals surface area contributed by atoms with Crippen molar-refractivity contribution in [2.45, 2.75) is 23.8 Å². The van der Waals surface area contributed by atoms with Crippen LogP contribution in [-0.4, -0.2) is 68.7 Å². The summed E-state index contributed by atoms with van der Waals surface area (Å²) in [5.74, 6) is 0.991. The summed E-state index contributed by atoms with van der Waals surface area (Å²) >= 11 is 0. The summed E-state index contributed by atoms with van der Waals surface area (Å²) in [5, 5.41) is 10.0. The highest BCUT2D eigenvalue weighted by molar-refractivity contribution is 7.89. The van der Waals surface area contributed by atoms with Crippen molar-refractivity contribution in [1.29, 1.82) is 0 Å². The first-order valence-corrected chi connectivity index (χ1v) is 9.49. The van der Waals surface area contributed by atoms with Gasteiger partial charge >= 0.3 is 0 Å². The van der Waals surface area contributed by atoms with Crippen LogP contribution in [0.15, 0.2) is 29.2 Å². The summed E-state index contributed by atoms with van der Waals surface area (Å²) in [6.45, 7) is 2.88. The maximum absolute atomic E-state index is 12.7. The minimum atomic E-state index is -3.49. The third kappa shape index (κ3) is 3.85. The third-order valence-corrected chi connectivity index (χ3v) is 6.52. The highest BCUT2D eigenvalue weighted by Gasteiger charge is 2.33. The lowest BCUT2D eigenvalue weighted by molar-refractivity contribution is 0.0782. The summed E-state index contributed by atoms with van der Waals surface area (Å²) in [5.41, 5.74) is 0. The second kappa shape index (κ2) is 6.76. The fourth-order valence-corrected chi connectivity index (χ4v) is 4.42. The smallest absolute Gasteiger partial charge is 0.243 e. The van der Waals surface area contributed by atoms with Crippen LogP contribution in [-0.2, 0) is 10.0 Å². The number of β-amino-alcohol motifs (C(OH)–C–C–N with tert-alkyl or cyclic N) is 1. The molecule has 7 heteroatoms. The van der Waals surface area contributed by atoms with Crippen LogP contribution in [0, 0.1) is 5.92 Å². The van der Waals surface area contributed by atoms with Gasteiger partial charge in [-0.2, -0.15) is 4.31 Å². The van der Waals surface area contributed by atoms with E-state index in [2.05, 4.69) is 4.90 Å². The highest BCUT2D eigenvalue weighted by Crippen LogP contribution is 2.33. The number of sulfonamides is 1. The highest BCUT2D eigenvalue weighted by atomic mass is 32.2.